The first-order chi connectivity index (χ1) is 8.15. The monoisotopic (exact) mass is 229 g/mol. The molecule has 3 nitrogen and oxygen atoms in total. The first-order valence-electron chi connectivity index (χ1n) is 6.33. The molecule has 0 aromatic carbocycles. The van der Waals surface area contributed by atoms with E-state index in [2.05, 4.69) is 34.7 Å². The third-order valence-electron chi connectivity index (χ3n) is 3.74. The van der Waals surface area contributed by atoms with Crippen molar-refractivity contribution in [2.24, 2.45) is 5.92 Å². The summed E-state index contributed by atoms with van der Waals surface area (Å²) in [5.41, 5.74) is 2.38. The van der Waals surface area contributed by atoms with Crippen molar-refractivity contribution in [1.82, 2.24) is 14.7 Å². The van der Waals surface area contributed by atoms with Gasteiger partial charge in [-0.3, -0.25) is 0 Å². The molecule has 2 heterocycles. The fourth-order valence-electron chi connectivity index (χ4n) is 2.34. The van der Waals surface area contributed by atoms with Crippen molar-refractivity contribution in [2.45, 2.75) is 38.8 Å². The highest BCUT2D eigenvalue weighted by molar-refractivity contribution is 5.39. The van der Waals surface area contributed by atoms with Crippen molar-refractivity contribution in [3.05, 3.63) is 36.3 Å². The van der Waals surface area contributed by atoms with Crippen LogP contribution in [0, 0.1) is 5.92 Å². The molecule has 0 saturated heterocycles. The Morgan fingerprint density at radius 2 is 2.24 bits per heavy atom. The molecule has 2 aromatic heterocycles. The van der Waals surface area contributed by atoms with Gasteiger partial charge in [0.15, 0.2) is 0 Å². The Morgan fingerprint density at radius 1 is 1.41 bits per heavy atom. The van der Waals surface area contributed by atoms with E-state index in [0.717, 1.165) is 23.8 Å². The quantitative estimate of drug-likeness (QED) is 0.873. The van der Waals surface area contributed by atoms with Crippen LogP contribution in [0.5, 0.6) is 0 Å². The maximum atomic E-state index is 4.60. The molecule has 0 aliphatic heterocycles. The summed E-state index contributed by atoms with van der Waals surface area (Å²) in [6, 6.07) is 6.09. The van der Waals surface area contributed by atoms with E-state index < -0.39 is 0 Å². The standard InChI is InChI=1S/C14H19N3/c1-14(2,11-6-7-11)15-9-12-10-17-8-4-3-5-13(17)16-12/h3-5,8,10-11,15H,6-7,9H2,1-2H3. The van der Waals surface area contributed by atoms with E-state index in [4.69, 9.17) is 0 Å². The molecule has 3 heteroatoms. The highest BCUT2D eigenvalue weighted by Crippen LogP contribution is 2.39. The molecule has 0 radical (unpaired) electrons. The van der Waals surface area contributed by atoms with Gasteiger partial charge in [0.2, 0.25) is 0 Å². The molecule has 1 aliphatic carbocycles. The molecular weight excluding hydrogens is 210 g/mol. The zero-order valence-electron chi connectivity index (χ0n) is 10.5. The van der Waals surface area contributed by atoms with Crippen LogP contribution in [0.2, 0.25) is 0 Å². The highest BCUT2D eigenvalue weighted by Gasteiger charge is 2.37. The van der Waals surface area contributed by atoms with Crippen LogP contribution in [-0.2, 0) is 6.54 Å². The summed E-state index contributed by atoms with van der Waals surface area (Å²) < 4.78 is 2.07. The number of rotatable bonds is 4. The maximum absolute atomic E-state index is 4.60. The molecule has 0 amide bonds. The molecule has 0 atom stereocenters. The zero-order chi connectivity index (χ0) is 11.9. The van der Waals surface area contributed by atoms with E-state index in [1.807, 2.05) is 24.4 Å². The van der Waals surface area contributed by atoms with Crippen LogP contribution in [0.15, 0.2) is 30.6 Å². The van der Waals surface area contributed by atoms with Gasteiger partial charge in [0.1, 0.15) is 5.65 Å². The lowest BCUT2D eigenvalue weighted by atomic mass is 9.99. The SMILES string of the molecule is CC(C)(NCc1cn2ccccc2n1)C1CC1. The predicted octanol–water partition coefficient (Wildman–Crippen LogP) is 2.61. The first-order valence-corrected chi connectivity index (χ1v) is 6.33. The number of pyridine rings is 1. The highest BCUT2D eigenvalue weighted by atomic mass is 15.0. The van der Waals surface area contributed by atoms with Gasteiger partial charge in [-0.15, -0.1) is 0 Å². The van der Waals surface area contributed by atoms with E-state index in [1.165, 1.54) is 12.8 Å². The van der Waals surface area contributed by atoms with Gasteiger partial charge >= 0.3 is 0 Å². The molecule has 0 unspecified atom stereocenters. The maximum Gasteiger partial charge on any atom is 0.137 e. The van der Waals surface area contributed by atoms with Gasteiger partial charge in [0, 0.05) is 24.5 Å². The summed E-state index contributed by atoms with van der Waals surface area (Å²) in [4.78, 5) is 4.60. The molecule has 1 saturated carbocycles. The van der Waals surface area contributed by atoms with Gasteiger partial charge in [-0.1, -0.05) is 6.07 Å². The van der Waals surface area contributed by atoms with Gasteiger partial charge in [0.05, 0.1) is 5.69 Å². The number of hydrogen-bond acceptors (Lipinski definition) is 2. The molecule has 3 rings (SSSR count). The second-order valence-corrected chi connectivity index (χ2v) is 5.55. The lowest BCUT2D eigenvalue weighted by molar-refractivity contribution is 0.338. The lowest BCUT2D eigenvalue weighted by Crippen LogP contribution is -2.40. The van der Waals surface area contributed by atoms with Gasteiger partial charge in [0.25, 0.3) is 0 Å². The average molecular weight is 229 g/mol. The van der Waals surface area contributed by atoms with E-state index in [-0.39, 0.29) is 5.54 Å². The third-order valence-corrected chi connectivity index (χ3v) is 3.74. The van der Waals surface area contributed by atoms with Crippen LogP contribution < -0.4 is 5.32 Å². The Balaban J connectivity index is 1.72. The smallest absolute Gasteiger partial charge is 0.137 e. The summed E-state index contributed by atoms with van der Waals surface area (Å²) in [7, 11) is 0. The minimum Gasteiger partial charge on any atom is -0.307 e. The number of nitrogens with one attached hydrogen (secondary N) is 1. The van der Waals surface area contributed by atoms with E-state index in [0.29, 0.717) is 0 Å². The normalized spacial score (nSPS) is 16.6. The van der Waals surface area contributed by atoms with Crippen molar-refractivity contribution >= 4 is 5.65 Å². The van der Waals surface area contributed by atoms with Gasteiger partial charge < -0.3 is 9.72 Å². The predicted molar refractivity (Wildman–Crippen MR) is 68.8 cm³/mol. The number of fused-ring (bicyclic) bond motifs is 1. The van der Waals surface area contributed by atoms with E-state index in [9.17, 15) is 0 Å². The third kappa shape index (κ3) is 2.20. The van der Waals surface area contributed by atoms with Crippen molar-refractivity contribution in [1.29, 1.82) is 0 Å². The van der Waals surface area contributed by atoms with E-state index >= 15 is 0 Å². The Kier molecular flexibility index (Phi) is 2.44. The topological polar surface area (TPSA) is 29.3 Å². The molecule has 1 N–H and O–H groups in total. The van der Waals surface area contributed by atoms with Crippen LogP contribution in [0.1, 0.15) is 32.4 Å². The lowest BCUT2D eigenvalue weighted by Gasteiger charge is -2.25. The van der Waals surface area contributed by atoms with Crippen molar-refractivity contribution in [2.75, 3.05) is 0 Å². The zero-order valence-corrected chi connectivity index (χ0v) is 10.5. The number of nitrogens with zero attached hydrogens (tertiary/aromatic N) is 2. The van der Waals surface area contributed by atoms with Crippen molar-refractivity contribution in [3.8, 4) is 0 Å². The minimum atomic E-state index is 0.246. The van der Waals surface area contributed by atoms with Crippen molar-refractivity contribution in [3.63, 3.8) is 0 Å². The molecule has 1 fully saturated rings. The van der Waals surface area contributed by atoms with Gasteiger partial charge in [-0.05, 0) is 44.7 Å². The molecule has 0 spiro atoms. The van der Waals surface area contributed by atoms with Gasteiger partial charge in [-0.25, -0.2) is 4.98 Å². The van der Waals surface area contributed by atoms with Crippen LogP contribution in [-0.4, -0.2) is 14.9 Å². The largest absolute Gasteiger partial charge is 0.307 e. The summed E-state index contributed by atoms with van der Waals surface area (Å²) in [5.74, 6) is 0.847. The molecule has 90 valence electrons. The minimum absolute atomic E-state index is 0.246. The second kappa shape index (κ2) is 3.84. The molecule has 17 heavy (non-hydrogen) atoms. The molecular formula is C14H19N3. The molecule has 0 bridgehead atoms. The second-order valence-electron chi connectivity index (χ2n) is 5.55. The fourth-order valence-corrected chi connectivity index (χ4v) is 2.34. The summed E-state index contributed by atoms with van der Waals surface area (Å²) in [6.07, 6.45) is 6.87. The fraction of sp³-hybridized carbons (Fsp3) is 0.500. The van der Waals surface area contributed by atoms with Crippen LogP contribution in [0.3, 0.4) is 0 Å². The van der Waals surface area contributed by atoms with Crippen molar-refractivity contribution < 1.29 is 0 Å². The number of imidazole rings is 1. The first kappa shape index (κ1) is 10.8. The van der Waals surface area contributed by atoms with Crippen LogP contribution >= 0.6 is 0 Å². The molecule has 2 aromatic rings. The van der Waals surface area contributed by atoms with Crippen LogP contribution in [0.4, 0.5) is 0 Å². The average Bonchev–Trinajstić information content (AvgIpc) is 3.07. The Morgan fingerprint density at radius 3 is 2.94 bits per heavy atom. The summed E-state index contributed by atoms with van der Waals surface area (Å²) in [6.45, 7) is 5.44. The van der Waals surface area contributed by atoms with Crippen LogP contribution in [0.25, 0.3) is 5.65 Å². The summed E-state index contributed by atoms with van der Waals surface area (Å²) in [5, 5.41) is 3.62. The Labute approximate surface area is 102 Å². The molecule has 1 aliphatic rings. The number of aromatic nitrogens is 2. The number of hydrogen-bond donors (Lipinski definition) is 1. The summed E-state index contributed by atoms with van der Waals surface area (Å²) >= 11 is 0. The van der Waals surface area contributed by atoms with Gasteiger partial charge in [-0.2, -0.15) is 0 Å². The Hall–Kier alpha value is -1.35. The Bertz CT molecular complexity index is 490. The van der Waals surface area contributed by atoms with E-state index in [1.54, 1.807) is 0 Å².